The van der Waals surface area contributed by atoms with Crippen LogP contribution in [0.4, 0.5) is 0 Å². The average Bonchev–Trinajstić information content (AvgIpc) is 2.42. The van der Waals surface area contributed by atoms with Gasteiger partial charge in [0.05, 0.1) is 5.02 Å². The fraction of sp³-hybridized carbons (Fsp3) is 0.267. The summed E-state index contributed by atoms with van der Waals surface area (Å²) >= 11 is 7.72. The van der Waals surface area contributed by atoms with E-state index in [9.17, 15) is 0 Å². The summed E-state index contributed by atoms with van der Waals surface area (Å²) < 4.78 is 0. The summed E-state index contributed by atoms with van der Waals surface area (Å²) in [5.74, 6) is 0. The molecule has 100 valence electrons. The highest BCUT2D eigenvalue weighted by atomic mass is 35.5. The van der Waals surface area contributed by atoms with Crippen LogP contribution in [0.15, 0.2) is 52.5 Å². The minimum Gasteiger partial charge on any atom is -0.310 e. The summed E-state index contributed by atoms with van der Waals surface area (Å²) in [4.78, 5) is 5.51. The zero-order valence-corrected chi connectivity index (χ0v) is 12.6. The molecule has 1 aromatic heterocycles. The maximum atomic E-state index is 6.14. The lowest BCUT2D eigenvalue weighted by Gasteiger charge is -2.12. The monoisotopic (exact) mass is 292 g/mol. The number of rotatable bonds is 5. The Labute approximate surface area is 123 Å². The molecule has 4 heteroatoms. The van der Waals surface area contributed by atoms with E-state index < -0.39 is 0 Å². The van der Waals surface area contributed by atoms with Gasteiger partial charge in [0.25, 0.3) is 0 Å². The quantitative estimate of drug-likeness (QED) is 0.874. The maximum Gasteiger partial charge on any atom is 0.101 e. The van der Waals surface area contributed by atoms with E-state index >= 15 is 0 Å². The van der Waals surface area contributed by atoms with Gasteiger partial charge in [0.1, 0.15) is 5.03 Å². The Hall–Kier alpha value is -1.03. The summed E-state index contributed by atoms with van der Waals surface area (Å²) in [6.45, 7) is 5.20. The van der Waals surface area contributed by atoms with E-state index in [1.54, 1.807) is 11.8 Å². The van der Waals surface area contributed by atoms with Gasteiger partial charge in [-0.1, -0.05) is 48.5 Å². The first-order chi connectivity index (χ1) is 9.20. The molecular formula is C15H17ClN2S. The summed E-state index contributed by atoms with van der Waals surface area (Å²) in [5, 5.41) is 5.09. The molecule has 1 atom stereocenters. The molecule has 0 saturated heterocycles. The van der Waals surface area contributed by atoms with Gasteiger partial charge in [-0.3, -0.25) is 0 Å². The second-order valence-electron chi connectivity index (χ2n) is 4.24. The highest BCUT2D eigenvalue weighted by Gasteiger charge is 2.06. The highest BCUT2D eigenvalue weighted by molar-refractivity contribution is 7.99. The van der Waals surface area contributed by atoms with Crippen LogP contribution in [-0.4, -0.2) is 11.5 Å². The van der Waals surface area contributed by atoms with Crippen molar-refractivity contribution in [2.24, 2.45) is 0 Å². The van der Waals surface area contributed by atoms with E-state index in [0.29, 0.717) is 6.04 Å². The molecule has 0 aliphatic heterocycles. The van der Waals surface area contributed by atoms with Gasteiger partial charge in [-0.05, 0) is 37.2 Å². The molecule has 2 aromatic rings. The molecule has 0 aliphatic rings. The standard InChI is InChI=1S/C15H17ClN2S/c1-3-17-11(2)12-8-9-15(18-10-12)19-14-7-5-4-6-13(14)16/h4-11,17H,3H2,1-2H3. The van der Waals surface area contributed by atoms with Crippen LogP contribution in [0.5, 0.6) is 0 Å². The molecular weight excluding hydrogens is 276 g/mol. The van der Waals surface area contributed by atoms with Crippen molar-refractivity contribution in [2.75, 3.05) is 6.54 Å². The van der Waals surface area contributed by atoms with Crippen LogP contribution in [-0.2, 0) is 0 Å². The normalized spacial score (nSPS) is 12.4. The molecule has 0 fully saturated rings. The average molecular weight is 293 g/mol. The van der Waals surface area contributed by atoms with Crippen LogP contribution in [0, 0.1) is 0 Å². The van der Waals surface area contributed by atoms with Crippen LogP contribution in [0.3, 0.4) is 0 Å². The summed E-state index contributed by atoms with van der Waals surface area (Å²) in [6, 6.07) is 12.3. The highest BCUT2D eigenvalue weighted by Crippen LogP contribution is 2.32. The predicted molar refractivity (Wildman–Crippen MR) is 81.9 cm³/mol. The van der Waals surface area contributed by atoms with E-state index in [4.69, 9.17) is 11.6 Å². The van der Waals surface area contributed by atoms with Crippen LogP contribution >= 0.6 is 23.4 Å². The minimum atomic E-state index is 0.330. The lowest BCUT2D eigenvalue weighted by Crippen LogP contribution is -2.17. The first-order valence-corrected chi connectivity index (χ1v) is 7.52. The van der Waals surface area contributed by atoms with Gasteiger partial charge in [-0.15, -0.1) is 0 Å². The van der Waals surface area contributed by atoms with Gasteiger partial charge in [-0.2, -0.15) is 0 Å². The summed E-state index contributed by atoms with van der Waals surface area (Å²) in [7, 11) is 0. The van der Waals surface area contributed by atoms with Crippen molar-refractivity contribution in [1.82, 2.24) is 10.3 Å². The number of hydrogen-bond acceptors (Lipinski definition) is 3. The van der Waals surface area contributed by atoms with Crippen molar-refractivity contribution in [2.45, 2.75) is 29.8 Å². The Bertz CT molecular complexity index is 528. The van der Waals surface area contributed by atoms with E-state index in [-0.39, 0.29) is 0 Å². The van der Waals surface area contributed by atoms with E-state index in [1.165, 1.54) is 5.56 Å². The number of nitrogens with one attached hydrogen (secondary N) is 1. The number of halogens is 1. The number of aromatic nitrogens is 1. The van der Waals surface area contributed by atoms with Gasteiger partial charge < -0.3 is 5.32 Å². The van der Waals surface area contributed by atoms with E-state index in [0.717, 1.165) is 21.5 Å². The van der Waals surface area contributed by atoms with Crippen LogP contribution in [0.2, 0.25) is 5.02 Å². The Morgan fingerprint density at radius 2 is 2.05 bits per heavy atom. The Morgan fingerprint density at radius 1 is 1.26 bits per heavy atom. The van der Waals surface area contributed by atoms with Gasteiger partial charge in [0.15, 0.2) is 0 Å². The molecule has 1 unspecified atom stereocenters. The molecule has 0 aliphatic carbocycles. The SMILES string of the molecule is CCNC(C)c1ccc(Sc2ccccc2Cl)nc1. The maximum absolute atomic E-state index is 6.14. The van der Waals surface area contributed by atoms with Crippen molar-refractivity contribution in [3.8, 4) is 0 Å². The van der Waals surface area contributed by atoms with Crippen molar-refractivity contribution in [1.29, 1.82) is 0 Å². The molecule has 1 heterocycles. The lowest BCUT2D eigenvalue weighted by atomic mass is 10.1. The molecule has 2 nitrogen and oxygen atoms in total. The Morgan fingerprint density at radius 3 is 2.68 bits per heavy atom. The second-order valence-corrected chi connectivity index (χ2v) is 5.71. The second kappa shape index (κ2) is 6.94. The molecule has 0 spiro atoms. The largest absolute Gasteiger partial charge is 0.310 e. The molecule has 0 bridgehead atoms. The summed E-state index contributed by atoms with van der Waals surface area (Å²) in [6.07, 6.45) is 1.92. The summed E-state index contributed by atoms with van der Waals surface area (Å²) in [5.41, 5.74) is 1.20. The van der Waals surface area contributed by atoms with E-state index in [2.05, 4.69) is 30.2 Å². The van der Waals surface area contributed by atoms with Crippen LogP contribution < -0.4 is 5.32 Å². The third-order valence-electron chi connectivity index (χ3n) is 2.82. The van der Waals surface area contributed by atoms with Crippen molar-refractivity contribution >= 4 is 23.4 Å². The van der Waals surface area contributed by atoms with Crippen LogP contribution in [0.25, 0.3) is 0 Å². The predicted octanol–water partition coefficient (Wildman–Crippen LogP) is 4.56. The van der Waals surface area contributed by atoms with Gasteiger partial charge in [0.2, 0.25) is 0 Å². The molecule has 0 amide bonds. The first-order valence-electron chi connectivity index (χ1n) is 6.32. The zero-order valence-electron chi connectivity index (χ0n) is 11.1. The molecule has 19 heavy (non-hydrogen) atoms. The Kier molecular flexibility index (Phi) is 5.25. The van der Waals surface area contributed by atoms with Crippen molar-refractivity contribution in [3.63, 3.8) is 0 Å². The molecule has 0 radical (unpaired) electrons. The molecule has 1 aromatic carbocycles. The molecule has 2 rings (SSSR count). The van der Waals surface area contributed by atoms with Gasteiger partial charge in [-0.25, -0.2) is 4.98 Å². The lowest BCUT2D eigenvalue weighted by molar-refractivity contribution is 0.595. The third-order valence-corrected chi connectivity index (χ3v) is 4.29. The van der Waals surface area contributed by atoms with Crippen molar-refractivity contribution < 1.29 is 0 Å². The first kappa shape index (κ1) is 14.4. The third kappa shape index (κ3) is 3.96. The topological polar surface area (TPSA) is 24.9 Å². The number of nitrogens with zero attached hydrogens (tertiary/aromatic N) is 1. The smallest absolute Gasteiger partial charge is 0.101 e. The fourth-order valence-corrected chi connectivity index (χ4v) is 2.80. The fourth-order valence-electron chi connectivity index (χ4n) is 1.77. The molecule has 0 saturated carbocycles. The van der Waals surface area contributed by atoms with Crippen LogP contribution in [0.1, 0.15) is 25.5 Å². The molecule has 1 N–H and O–H groups in total. The number of pyridine rings is 1. The minimum absolute atomic E-state index is 0.330. The van der Waals surface area contributed by atoms with Crippen molar-refractivity contribution in [3.05, 3.63) is 53.2 Å². The van der Waals surface area contributed by atoms with E-state index in [1.807, 2.05) is 36.5 Å². The number of benzene rings is 1. The van der Waals surface area contributed by atoms with Gasteiger partial charge in [0, 0.05) is 17.1 Å². The Balaban J connectivity index is 2.09. The number of hydrogen-bond donors (Lipinski definition) is 1. The van der Waals surface area contributed by atoms with Gasteiger partial charge >= 0.3 is 0 Å². The zero-order chi connectivity index (χ0) is 13.7.